The average molecular weight is 344 g/mol. The van der Waals surface area contributed by atoms with Gasteiger partial charge in [0.1, 0.15) is 0 Å². The molecule has 0 spiro atoms. The van der Waals surface area contributed by atoms with E-state index in [0.29, 0.717) is 30.6 Å². The summed E-state index contributed by atoms with van der Waals surface area (Å²) in [5.74, 6) is 3.11. The second-order valence-electron chi connectivity index (χ2n) is 8.94. The van der Waals surface area contributed by atoms with Gasteiger partial charge in [-0.3, -0.25) is 9.59 Å². The lowest BCUT2D eigenvalue weighted by molar-refractivity contribution is -0.145. The fraction of sp³-hybridized carbons (Fsp3) is 0.818. The van der Waals surface area contributed by atoms with Crippen LogP contribution in [-0.4, -0.2) is 18.4 Å². The molecule has 3 heteroatoms. The molecular weight excluding hydrogens is 312 g/mol. The predicted molar refractivity (Wildman–Crippen MR) is 96.8 cm³/mol. The molecule has 25 heavy (non-hydrogen) atoms. The summed E-state index contributed by atoms with van der Waals surface area (Å²) in [6, 6.07) is 0. The number of cyclic esters (lactones) is 1. The molecule has 1 heterocycles. The summed E-state index contributed by atoms with van der Waals surface area (Å²) in [5.41, 5.74) is 0.993. The number of esters is 1. The molecule has 3 aliphatic carbocycles. The van der Waals surface area contributed by atoms with Gasteiger partial charge in [0.15, 0.2) is 5.78 Å². The first kappa shape index (κ1) is 17.3. The van der Waals surface area contributed by atoms with E-state index in [1.54, 1.807) is 0 Å². The maximum atomic E-state index is 13.2. The first-order chi connectivity index (χ1) is 12.1. The third-order valence-electron chi connectivity index (χ3n) is 7.53. The summed E-state index contributed by atoms with van der Waals surface area (Å²) in [5, 5.41) is 0. The molecule has 0 aromatic rings. The van der Waals surface area contributed by atoms with Gasteiger partial charge >= 0.3 is 5.97 Å². The van der Waals surface area contributed by atoms with Crippen LogP contribution in [0.5, 0.6) is 0 Å². The monoisotopic (exact) mass is 344 g/mol. The first-order valence-electron chi connectivity index (χ1n) is 10.6. The van der Waals surface area contributed by atoms with Crippen LogP contribution in [0.1, 0.15) is 71.1 Å². The van der Waals surface area contributed by atoms with Gasteiger partial charge < -0.3 is 4.74 Å². The van der Waals surface area contributed by atoms with Gasteiger partial charge in [0.2, 0.25) is 0 Å². The predicted octanol–water partition coefficient (Wildman–Crippen LogP) is 4.70. The topological polar surface area (TPSA) is 43.4 Å². The number of hydrogen-bond donors (Lipinski definition) is 0. The van der Waals surface area contributed by atoms with Crippen LogP contribution in [0.3, 0.4) is 0 Å². The third-order valence-corrected chi connectivity index (χ3v) is 7.53. The molecule has 3 nitrogen and oxygen atoms in total. The lowest BCUT2D eigenvalue weighted by atomic mass is 9.66. The number of Topliss-reactive ketones (excluding diaryl/α,β-unsaturated/α-hetero) is 1. The second kappa shape index (κ2) is 7.25. The van der Waals surface area contributed by atoms with Gasteiger partial charge in [-0.1, -0.05) is 38.7 Å². The van der Waals surface area contributed by atoms with E-state index in [9.17, 15) is 9.59 Å². The van der Waals surface area contributed by atoms with E-state index >= 15 is 0 Å². The number of fused-ring (bicyclic) bond motifs is 5. The minimum atomic E-state index is -0.0916. The van der Waals surface area contributed by atoms with Gasteiger partial charge in [-0.25, -0.2) is 0 Å². The smallest absolute Gasteiger partial charge is 0.306 e. The van der Waals surface area contributed by atoms with E-state index in [4.69, 9.17) is 4.74 Å². The van der Waals surface area contributed by atoms with Crippen LogP contribution >= 0.6 is 0 Å². The van der Waals surface area contributed by atoms with E-state index in [2.05, 4.69) is 13.0 Å². The molecule has 0 bridgehead atoms. The van der Waals surface area contributed by atoms with Crippen molar-refractivity contribution in [1.29, 1.82) is 0 Å². The summed E-state index contributed by atoms with van der Waals surface area (Å²) in [7, 11) is 0. The second-order valence-corrected chi connectivity index (χ2v) is 8.94. The molecule has 0 N–H and O–H groups in total. The number of hydrogen-bond acceptors (Lipinski definition) is 3. The summed E-state index contributed by atoms with van der Waals surface area (Å²) < 4.78 is 5.47. The van der Waals surface area contributed by atoms with Gasteiger partial charge in [-0.2, -0.15) is 0 Å². The summed E-state index contributed by atoms with van der Waals surface area (Å²) in [6.45, 7) is 2.64. The molecule has 3 fully saturated rings. The van der Waals surface area contributed by atoms with E-state index in [0.717, 1.165) is 43.1 Å². The average Bonchev–Trinajstić information content (AvgIpc) is 3.20. The van der Waals surface area contributed by atoms with Crippen molar-refractivity contribution in [3.63, 3.8) is 0 Å². The van der Waals surface area contributed by atoms with Gasteiger partial charge in [-0.05, 0) is 61.3 Å². The van der Waals surface area contributed by atoms with Gasteiger partial charge in [0, 0.05) is 11.8 Å². The third kappa shape index (κ3) is 3.31. The molecule has 0 aromatic heterocycles. The molecule has 4 rings (SSSR count). The maximum absolute atomic E-state index is 13.2. The maximum Gasteiger partial charge on any atom is 0.306 e. The van der Waals surface area contributed by atoms with Crippen LogP contribution in [0, 0.1) is 35.5 Å². The molecule has 1 saturated heterocycles. The van der Waals surface area contributed by atoms with Gasteiger partial charge in [0.05, 0.1) is 13.0 Å². The van der Waals surface area contributed by atoms with Gasteiger partial charge in [0.25, 0.3) is 0 Å². The molecule has 4 aliphatic rings. The summed E-state index contributed by atoms with van der Waals surface area (Å²) in [4.78, 5) is 25.5. The highest BCUT2D eigenvalue weighted by Gasteiger charge is 2.49. The molecule has 6 unspecified atom stereocenters. The number of ketones is 1. The molecule has 6 atom stereocenters. The Morgan fingerprint density at radius 3 is 2.68 bits per heavy atom. The van der Waals surface area contributed by atoms with Crippen molar-refractivity contribution in [1.82, 2.24) is 0 Å². The molecule has 0 amide bonds. The van der Waals surface area contributed by atoms with Crippen molar-refractivity contribution in [2.45, 2.75) is 71.1 Å². The number of rotatable bonds is 0. The van der Waals surface area contributed by atoms with Crippen molar-refractivity contribution in [3.8, 4) is 0 Å². The molecule has 0 aromatic carbocycles. The van der Waals surface area contributed by atoms with Crippen LogP contribution < -0.4 is 0 Å². The van der Waals surface area contributed by atoms with Crippen molar-refractivity contribution < 1.29 is 14.3 Å². The Bertz CT molecular complexity index is 564. The standard InChI is InChI=1S/C22H32O3/c1-14-6-3-2-4-11-25-21(23)13-19-17-10-9-15-7-5-8-16(15)18(17)12-20(19)22(14)24/h12,14-19H,2-11,13H2,1H3. The van der Waals surface area contributed by atoms with Crippen LogP contribution in [0.2, 0.25) is 0 Å². The Balaban J connectivity index is 1.61. The van der Waals surface area contributed by atoms with E-state index in [1.807, 2.05) is 0 Å². The zero-order chi connectivity index (χ0) is 17.4. The number of carbonyl (C=O) groups excluding carboxylic acids is 2. The molecule has 2 saturated carbocycles. The SMILES string of the molecule is CC1CCCCCOC(=O)CC2C(=CC3C4CCCC4CCC23)C1=O. The van der Waals surface area contributed by atoms with Crippen molar-refractivity contribution in [3.05, 3.63) is 11.6 Å². The van der Waals surface area contributed by atoms with E-state index in [1.165, 1.54) is 32.1 Å². The Kier molecular flexibility index (Phi) is 5.01. The highest BCUT2D eigenvalue weighted by molar-refractivity contribution is 5.98. The number of carbonyl (C=O) groups is 2. The molecule has 0 radical (unpaired) electrons. The molecular formula is C22H32O3. The van der Waals surface area contributed by atoms with Crippen LogP contribution in [-0.2, 0) is 14.3 Å². The fourth-order valence-electron chi connectivity index (χ4n) is 6.22. The van der Waals surface area contributed by atoms with E-state index in [-0.39, 0.29) is 17.8 Å². The number of ether oxygens (including phenoxy) is 1. The quantitative estimate of drug-likeness (QED) is 0.598. The Labute approximate surface area is 151 Å². The highest BCUT2D eigenvalue weighted by Crippen LogP contribution is 2.56. The summed E-state index contributed by atoms with van der Waals surface area (Å²) >= 11 is 0. The minimum absolute atomic E-state index is 0.0916. The van der Waals surface area contributed by atoms with Crippen LogP contribution in [0.15, 0.2) is 11.6 Å². The van der Waals surface area contributed by atoms with Crippen molar-refractivity contribution in [2.75, 3.05) is 6.61 Å². The lowest BCUT2D eigenvalue weighted by Gasteiger charge is -2.38. The van der Waals surface area contributed by atoms with Crippen molar-refractivity contribution >= 4 is 11.8 Å². The zero-order valence-electron chi connectivity index (χ0n) is 15.5. The first-order valence-corrected chi connectivity index (χ1v) is 10.6. The Morgan fingerprint density at radius 1 is 0.920 bits per heavy atom. The number of allylic oxidation sites excluding steroid dienone is 2. The lowest BCUT2D eigenvalue weighted by Crippen LogP contribution is -2.33. The van der Waals surface area contributed by atoms with E-state index < -0.39 is 0 Å². The van der Waals surface area contributed by atoms with Crippen LogP contribution in [0.25, 0.3) is 0 Å². The van der Waals surface area contributed by atoms with Gasteiger partial charge in [-0.15, -0.1) is 0 Å². The Hall–Kier alpha value is -1.12. The molecule has 1 aliphatic heterocycles. The normalized spacial score (nSPS) is 42.4. The highest BCUT2D eigenvalue weighted by atomic mass is 16.5. The minimum Gasteiger partial charge on any atom is -0.466 e. The largest absolute Gasteiger partial charge is 0.466 e. The Morgan fingerprint density at radius 2 is 1.80 bits per heavy atom. The molecule has 138 valence electrons. The van der Waals surface area contributed by atoms with Crippen molar-refractivity contribution in [2.24, 2.45) is 35.5 Å². The summed E-state index contributed by atoms with van der Waals surface area (Å²) in [6.07, 6.45) is 13.3. The zero-order valence-corrected chi connectivity index (χ0v) is 15.5. The van der Waals surface area contributed by atoms with Crippen LogP contribution in [0.4, 0.5) is 0 Å². The fourth-order valence-corrected chi connectivity index (χ4v) is 6.22.